The van der Waals surface area contributed by atoms with Gasteiger partial charge in [0.2, 0.25) is 5.91 Å². The number of hydrogen-bond acceptors (Lipinski definition) is 5. The third kappa shape index (κ3) is 3.23. The molecule has 6 nitrogen and oxygen atoms in total. The van der Waals surface area contributed by atoms with Crippen molar-refractivity contribution < 1.29 is 4.79 Å². The van der Waals surface area contributed by atoms with E-state index in [0.29, 0.717) is 18.5 Å². The molecular weight excluding hydrogens is 276 g/mol. The molecule has 2 rings (SSSR count). The summed E-state index contributed by atoms with van der Waals surface area (Å²) in [6, 6.07) is 1.75. The fraction of sp³-hybridized carbons (Fsp3) is 0.462. The van der Waals surface area contributed by atoms with Gasteiger partial charge in [-0.15, -0.1) is 11.3 Å². The van der Waals surface area contributed by atoms with Crippen LogP contribution in [-0.2, 0) is 11.3 Å². The summed E-state index contributed by atoms with van der Waals surface area (Å²) in [6.07, 6.45) is 1.71. The van der Waals surface area contributed by atoms with Crippen molar-refractivity contribution in [2.24, 2.45) is 5.73 Å². The molecule has 108 valence electrons. The van der Waals surface area contributed by atoms with Gasteiger partial charge in [0.25, 0.3) is 5.56 Å². The van der Waals surface area contributed by atoms with Crippen molar-refractivity contribution in [2.75, 3.05) is 6.54 Å². The van der Waals surface area contributed by atoms with Gasteiger partial charge in [-0.1, -0.05) is 0 Å². The highest BCUT2D eigenvalue weighted by molar-refractivity contribution is 7.16. The number of hydrogen-bond donors (Lipinski definition) is 2. The molecular formula is C13H18N4O2S. The molecule has 1 amide bonds. The fourth-order valence-corrected chi connectivity index (χ4v) is 2.49. The maximum atomic E-state index is 12.1. The first-order chi connectivity index (χ1) is 9.43. The molecule has 0 saturated carbocycles. The van der Waals surface area contributed by atoms with Crippen molar-refractivity contribution >= 4 is 27.5 Å². The second-order valence-corrected chi connectivity index (χ2v) is 6.16. The van der Waals surface area contributed by atoms with E-state index in [1.165, 1.54) is 22.2 Å². The van der Waals surface area contributed by atoms with Gasteiger partial charge in [0.1, 0.15) is 4.83 Å². The lowest BCUT2D eigenvalue weighted by Gasteiger charge is -2.24. The quantitative estimate of drug-likeness (QED) is 0.849. The first-order valence-electron chi connectivity index (χ1n) is 6.37. The highest BCUT2D eigenvalue weighted by Crippen LogP contribution is 2.13. The number of carbonyl (C=O) groups excluding carboxylic acids is 1. The van der Waals surface area contributed by atoms with Gasteiger partial charge in [0.15, 0.2) is 0 Å². The summed E-state index contributed by atoms with van der Waals surface area (Å²) in [4.78, 5) is 28.9. The fourth-order valence-electron chi connectivity index (χ4n) is 1.77. The monoisotopic (exact) mass is 294 g/mol. The number of carbonyl (C=O) groups is 1. The predicted octanol–water partition coefficient (Wildman–Crippen LogP) is 0.702. The molecule has 0 bridgehead atoms. The Morgan fingerprint density at radius 1 is 1.55 bits per heavy atom. The topological polar surface area (TPSA) is 90.0 Å². The molecule has 2 heterocycles. The van der Waals surface area contributed by atoms with Crippen LogP contribution in [0.15, 0.2) is 22.6 Å². The number of nitrogens with one attached hydrogen (secondary N) is 1. The van der Waals surface area contributed by atoms with Gasteiger partial charge in [-0.3, -0.25) is 14.2 Å². The highest BCUT2D eigenvalue weighted by atomic mass is 32.1. The molecule has 0 saturated heterocycles. The molecule has 0 spiro atoms. The van der Waals surface area contributed by atoms with E-state index < -0.39 is 5.54 Å². The van der Waals surface area contributed by atoms with Crippen molar-refractivity contribution in [3.8, 4) is 0 Å². The molecule has 0 atom stereocenters. The molecule has 2 aromatic rings. The number of thiophene rings is 1. The summed E-state index contributed by atoms with van der Waals surface area (Å²) < 4.78 is 1.46. The molecule has 0 fully saturated rings. The van der Waals surface area contributed by atoms with E-state index in [1.807, 2.05) is 19.2 Å². The van der Waals surface area contributed by atoms with E-state index in [-0.39, 0.29) is 17.9 Å². The molecule has 0 unspecified atom stereocenters. The van der Waals surface area contributed by atoms with Crippen LogP contribution in [0, 0.1) is 0 Å². The Kier molecular flexibility index (Phi) is 4.20. The van der Waals surface area contributed by atoms with Crippen molar-refractivity contribution in [1.29, 1.82) is 0 Å². The molecule has 0 aromatic carbocycles. The molecule has 0 aliphatic carbocycles. The van der Waals surface area contributed by atoms with E-state index in [2.05, 4.69) is 10.3 Å². The van der Waals surface area contributed by atoms with E-state index in [9.17, 15) is 9.59 Å². The SMILES string of the molecule is CC(C)(CN)NC(=O)CCn1cnc2sccc2c1=O. The molecule has 3 N–H and O–H groups in total. The molecule has 0 aliphatic heterocycles. The lowest BCUT2D eigenvalue weighted by atomic mass is 10.1. The second-order valence-electron chi connectivity index (χ2n) is 5.27. The van der Waals surface area contributed by atoms with E-state index >= 15 is 0 Å². The minimum atomic E-state index is -0.433. The first kappa shape index (κ1) is 14.7. The Morgan fingerprint density at radius 3 is 3.00 bits per heavy atom. The van der Waals surface area contributed by atoms with Crippen LogP contribution < -0.4 is 16.6 Å². The van der Waals surface area contributed by atoms with Crippen LogP contribution in [0.5, 0.6) is 0 Å². The zero-order chi connectivity index (χ0) is 14.8. The number of fused-ring (bicyclic) bond motifs is 1. The van der Waals surface area contributed by atoms with Gasteiger partial charge >= 0.3 is 0 Å². The average molecular weight is 294 g/mol. The number of amides is 1. The van der Waals surface area contributed by atoms with Gasteiger partial charge in [-0.05, 0) is 25.3 Å². The number of nitrogens with zero attached hydrogens (tertiary/aromatic N) is 2. The van der Waals surface area contributed by atoms with Gasteiger partial charge < -0.3 is 11.1 Å². The Labute approximate surface area is 120 Å². The number of nitrogens with two attached hydrogens (primary N) is 1. The predicted molar refractivity (Wildman–Crippen MR) is 79.8 cm³/mol. The van der Waals surface area contributed by atoms with Gasteiger partial charge in [-0.2, -0.15) is 0 Å². The molecule has 0 radical (unpaired) electrons. The third-order valence-corrected chi connectivity index (χ3v) is 3.84. The van der Waals surface area contributed by atoms with Gasteiger partial charge in [-0.25, -0.2) is 4.98 Å². The van der Waals surface area contributed by atoms with Crippen LogP contribution in [0.2, 0.25) is 0 Å². The van der Waals surface area contributed by atoms with Gasteiger partial charge in [0.05, 0.1) is 11.7 Å². The molecule has 2 aromatic heterocycles. The van der Waals surface area contributed by atoms with Crippen LogP contribution in [-0.4, -0.2) is 27.5 Å². The molecule has 0 aliphatic rings. The Balaban J connectivity index is 2.04. The van der Waals surface area contributed by atoms with Crippen molar-refractivity contribution in [3.05, 3.63) is 28.1 Å². The maximum absolute atomic E-state index is 12.1. The van der Waals surface area contributed by atoms with Crippen molar-refractivity contribution in [1.82, 2.24) is 14.9 Å². The largest absolute Gasteiger partial charge is 0.350 e. The average Bonchev–Trinajstić information content (AvgIpc) is 2.86. The normalized spacial score (nSPS) is 11.8. The molecule has 7 heteroatoms. The van der Waals surface area contributed by atoms with E-state index in [4.69, 9.17) is 5.73 Å². The minimum absolute atomic E-state index is 0.109. The van der Waals surface area contributed by atoms with E-state index in [0.717, 1.165) is 4.83 Å². The second kappa shape index (κ2) is 5.72. The number of rotatable bonds is 5. The van der Waals surface area contributed by atoms with Crippen LogP contribution in [0.3, 0.4) is 0 Å². The Hall–Kier alpha value is -1.73. The van der Waals surface area contributed by atoms with Crippen LogP contribution in [0.1, 0.15) is 20.3 Å². The highest BCUT2D eigenvalue weighted by Gasteiger charge is 2.18. The lowest BCUT2D eigenvalue weighted by Crippen LogP contribution is -2.49. The standard InChI is InChI=1S/C13H18N4O2S/c1-13(2,7-14)16-10(18)3-5-17-8-15-11-9(12(17)19)4-6-20-11/h4,6,8H,3,5,7,14H2,1-2H3,(H,16,18). The van der Waals surface area contributed by atoms with E-state index in [1.54, 1.807) is 6.07 Å². The summed E-state index contributed by atoms with van der Waals surface area (Å²) in [7, 11) is 0. The van der Waals surface area contributed by atoms with Crippen LogP contribution in [0.25, 0.3) is 10.2 Å². The maximum Gasteiger partial charge on any atom is 0.262 e. The van der Waals surface area contributed by atoms with Crippen molar-refractivity contribution in [2.45, 2.75) is 32.4 Å². The zero-order valence-corrected chi connectivity index (χ0v) is 12.4. The summed E-state index contributed by atoms with van der Waals surface area (Å²) in [6.45, 7) is 4.39. The first-order valence-corrected chi connectivity index (χ1v) is 7.24. The number of aryl methyl sites for hydroxylation is 1. The summed E-state index contributed by atoms with van der Waals surface area (Å²) >= 11 is 1.43. The smallest absolute Gasteiger partial charge is 0.262 e. The lowest BCUT2D eigenvalue weighted by molar-refractivity contribution is -0.122. The minimum Gasteiger partial charge on any atom is -0.350 e. The zero-order valence-electron chi connectivity index (χ0n) is 11.5. The third-order valence-electron chi connectivity index (χ3n) is 3.02. The summed E-state index contributed by atoms with van der Waals surface area (Å²) in [5.74, 6) is -0.127. The van der Waals surface area contributed by atoms with Crippen LogP contribution >= 0.6 is 11.3 Å². The number of aromatic nitrogens is 2. The summed E-state index contributed by atoms with van der Waals surface area (Å²) in [5, 5.41) is 5.26. The molecule has 20 heavy (non-hydrogen) atoms. The van der Waals surface area contributed by atoms with Crippen LogP contribution in [0.4, 0.5) is 0 Å². The van der Waals surface area contributed by atoms with Gasteiger partial charge in [0, 0.05) is 25.0 Å². The summed E-state index contributed by atoms with van der Waals surface area (Å²) in [5.41, 5.74) is 5.02. The Bertz CT molecular complexity index is 674. The van der Waals surface area contributed by atoms with Crippen molar-refractivity contribution in [3.63, 3.8) is 0 Å². The Morgan fingerprint density at radius 2 is 2.30 bits per heavy atom.